The van der Waals surface area contributed by atoms with E-state index in [0.717, 1.165) is 48.3 Å². The number of hydrogen-bond acceptors (Lipinski definition) is 2. The largest absolute Gasteiger partial charge is 0.328 e. The molecule has 2 aromatic carbocycles. The molecule has 0 aromatic heterocycles. The lowest BCUT2D eigenvalue weighted by Crippen LogP contribution is -3.13. The van der Waals surface area contributed by atoms with Gasteiger partial charge in [-0.3, -0.25) is 5.01 Å². The second kappa shape index (κ2) is 7.82. The number of hydrazone groups is 1. The van der Waals surface area contributed by atoms with Crippen LogP contribution in [-0.4, -0.2) is 37.4 Å². The molecule has 0 aliphatic carbocycles. The summed E-state index contributed by atoms with van der Waals surface area (Å²) in [5, 5.41) is 8.26. The van der Waals surface area contributed by atoms with Crippen LogP contribution in [0.15, 0.2) is 53.6 Å². The Kier molecular flexibility index (Phi) is 5.55. The quantitative estimate of drug-likeness (QED) is 0.842. The van der Waals surface area contributed by atoms with Gasteiger partial charge >= 0.3 is 0 Å². The SMILES string of the molecule is Clc1ccccc1/C=N/N1CC[NH+](Cc2ccccc2Cl)CC1. The lowest BCUT2D eigenvalue weighted by molar-refractivity contribution is -0.918. The molecule has 1 heterocycles. The van der Waals surface area contributed by atoms with E-state index in [2.05, 4.69) is 16.2 Å². The molecule has 23 heavy (non-hydrogen) atoms. The van der Waals surface area contributed by atoms with Gasteiger partial charge < -0.3 is 4.90 Å². The summed E-state index contributed by atoms with van der Waals surface area (Å²) in [6.45, 7) is 4.99. The van der Waals surface area contributed by atoms with Gasteiger partial charge in [0.25, 0.3) is 0 Å². The predicted molar refractivity (Wildman–Crippen MR) is 96.5 cm³/mol. The topological polar surface area (TPSA) is 20.0 Å². The average Bonchev–Trinajstić information content (AvgIpc) is 2.57. The second-order valence-corrected chi connectivity index (χ2v) is 6.55. The van der Waals surface area contributed by atoms with Gasteiger partial charge in [0.05, 0.1) is 32.4 Å². The maximum Gasteiger partial charge on any atom is 0.104 e. The van der Waals surface area contributed by atoms with Gasteiger partial charge in [-0.05, 0) is 12.1 Å². The Balaban J connectivity index is 1.53. The average molecular weight is 349 g/mol. The highest BCUT2D eigenvalue weighted by molar-refractivity contribution is 6.33. The van der Waals surface area contributed by atoms with Crippen molar-refractivity contribution in [3.8, 4) is 0 Å². The Labute approximate surface area is 147 Å². The third kappa shape index (κ3) is 4.47. The van der Waals surface area contributed by atoms with Gasteiger partial charge in [0.2, 0.25) is 0 Å². The van der Waals surface area contributed by atoms with Gasteiger partial charge in [0.15, 0.2) is 0 Å². The van der Waals surface area contributed by atoms with Crippen molar-refractivity contribution >= 4 is 29.4 Å². The van der Waals surface area contributed by atoms with Crippen LogP contribution in [0.4, 0.5) is 0 Å². The normalized spacial score (nSPS) is 16.2. The molecule has 3 nitrogen and oxygen atoms in total. The molecule has 5 heteroatoms. The van der Waals surface area contributed by atoms with Crippen molar-refractivity contribution in [1.82, 2.24) is 5.01 Å². The summed E-state index contributed by atoms with van der Waals surface area (Å²) in [5.41, 5.74) is 2.18. The lowest BCUT2D eigenvalue weighted by Gasteiger charge is -2.30. The Bertz CT molecular complexity index is 679. The molecule has 0 amide bonds. The number of piperazine rings is 1. The summed E-state index contributed by atoms with van der Waals surface area (Å²) < 4.78 is 0. The first-order chi connectivity index (χ1) is 11.2. The molecule has 3 rings (SSSR count). The molecule has 0 atom stereocenters. The van der Waals surface area contributed by atoms with E-state index in [4.69, 9.17) is 23.2 Å². The summed E-state index contributed by atoms with van der Waals surface area (Å²) in [7, 11) is 0. The standard InChI is InChI=1S/C18H19Cl2N3/c19-17-7-3-1-5-15(17)13-21-23-11-9-22(10-12-23)14-16-6-2-4-8-18(16)20/h1-8,13H,9-12,14H2/p+1/b21-13+. The van der Waals surface area contributed by atoms with E-state index in [9.17, 15) is 0 Å². The summed E-state index contributed by atoms with van der Waals surface area (Å²) in [6, 6.07) is 15.8. The molecular formula is C18H20Cl2N3+. The van der Waals surface area contributed by atoms with Crippen molar-refractivity contribution < 1.29 is 4.90 Å². The lowest BCUT2D eigenvalue weighted by atomic mass is 10.2. The number of halogens is 2. The van der Waals surface area contributed by atoms with E-state index < -0.39 is 0 Å². The minimum absolute atomic E-state index is 0.735. The van der Waals surface area contributed by atoms with Gasteiger partial charge in [-0.2, -0.15) is 5.10 Å². The van der Waals surface area contributed by atoms with Crippen LogP contribution in [0, 0.1) is 0 Å². The molecule has 1 saturated heterocycles. The molecule has 1 aliphatic rings. The maximum atomic E-state index is 6.24. The molecule has 1 aliphatic heterocycles. The van der Waals surface area contributed by atoms with Crippen LogP contribution < -0.4 is 4.90 Å². The molecule has 2 aromatic rings. The number of hydrogen-bond donors (Lipinski definition) is 1. The van der Waals surface area contributed by atoms with E-state index in [1.54, 1.807) is 4.90 Å². The Morgan fingerprint density at radius 3 is 2.30 bits per heavy atom. The first-order valence-electron chi connectivity index (χ1n) is 7.83. The number of quaternary nitrogens is 1. The fourth-order valence-corrected chi connectivity index (χ4v) is 3.13. The highest BCUT2D eigenvalue weighted by atomic mass is 35.5. The summed E-state index contributed by atoms with van der Waals surface area (Å²) in [4.78, 5) is 1.54. The molecule has 0 spiro atoms. The van der Waals surface area contributed by atoms with Crippen molar-refractivity contribution in [2.75, 3.05) is 26.2 Å². The van der Waals surface area contributed by atoms with Gasteiger partial charge in [0.1, 0.15) is 6.54 Å². The summed E-state index contributed by atoms with van der Waals surface area (Å²) >= 11 is 12.4. The monoisotopic (exact) mass is 348 g/mol. The highest BCUT2D eigenvalue weighted by Gasteiger charge is 2.19. The Morgan fingerprint density at radius 2 is 1.61 bits per heavy atom. The van der Waals surface area contributed by atoms with Crippen LogP contribution in [0.25, 0.3) is 0 Å². The number of nitrogens with one attached hydrogen (secondary N) is 1. The van der Waals surface area contributed by atoms with E-state index in [-0.39, 0.29) is 0 Å². The maximum absolute atomic E-state index is 6.24. The molecule has 0 bridgehead atoms. The number of nitrogens with zero attached hydrogens (tertiary/aromatic N) is 2. The second-order valence-electron chi connectivity index (χ2n) is 5.74. The first kappa shape index (κ1) is 16.3. The fraction of sp³-hybridized carbons (Fsp3) is 0.278. The summed E-state index contributed by atoms with van der Waals surface area (Å²) in [6.07, 6.45) is 1.85. The highest BCUT2D eigenvalue weighted by Crippen LogP contribution is 2.14. The van der Waals surface area contributed by atoms with Crippen LogP contribution >= 0.6 is 23.2 Å². The molecular weight excluding hydrogens is 329 g/mol. The van der Waals surface area contributed by atoms with Gasteiger partial charge in [-0.1, -0.05) is 59.6 Å². The van der Waals surface area contributed by atoms with E-state index in [0.29, 0.717) is 0 Å². The van der Waals surface area contributed by atoms with Crippen molar-refractivity contribution in [1.29, 1.82) is 0 Å². The zero-order valence-electron chi connectivity index (χ0n) is 12.9. The van der Waals surface area contributed by atoms with Crippen molar-refractivity contribution in [3.05, 3.63) is 69.7 Å². The molecule has 1 N–H and O–H groups in total. The third-order valence-corrected chi connectivity index (χ3v) is 4.82. The van der Waals surface area contributed by atoms with Crippen LogP contribution in [0.2, 0.25) is 10.0 Å². The minimum Gasteiger partial charge on any atom is -0.328 e. The Morgan fingerprint density at radius 1 is 0.957 bits per heavy atom. The minimum atomic E-state index is 0.735. The van der Waals surface area contributed by atoms with Gasteiger partial charge in [0, 0.05) is 21.2 Å². The zero-order chi connectivity index (χ0) is 16.1. The summed E-state index contributed by atoms with van der Waals surface area (Å²) in [5.74, 6) is 0. The Hall–Kier alpha value is -1.55. The number of rotatable bonds is 4. The zero-order valence-corrected chi connectivity index (χ0v) is 14.4. The third-order valence-electron chi connectivity index (χ3n) is 4.11. The van der Waals surface area contributed by atoms with Crippen LogP contribution in [-0.2, 0) is 6.54 Å². The van der Waals surface area contributed by atoms with Crippen LogP contribution in [0.1, 0.15) is 11.1 Å². The van der Waals surface area contributed by atoms with E-state index in [1.165, 1.54) is 5.56 Å². The smallest absolute Gasteiger partial charge is 0.104 e. The van der Waals surface area contributed by atoms with Crippen molar-refractivity contribution in [2.45, 2.75) is 6.54 Å². The predicted octanol–water partition coefficient (Wildman–Crippen LogP) is 2.73. The van der Waals surface area contributed by atoms with E-state index >= 15 is 0 Å². The van der Waals surface area contributed by atoms with Gasteiger partial charge in [-0.25, -0.2) is 0 Å². The van der Waals surface area contributed by atoms with Crippen LogP contribution in [0.3, 0.4) is 0 Å². The first-order valence-corrected chi connectivity index (χ1v) is 8.58. The van der Waals surface area contributed by atoms with E-state index in [1.807, 2.05) is 48.7 Å². The molecule has 1 fully saturated rings. The number of benzene rings is 2. The fourth-order valence-electron chi connectivity index (χ4n) is 2.74. The molecule has 120 valence electrons. The van der Waals surface area contributed by atoms with Crippen molar-refractivity contribution in [3.63, 3.8) is 0 Å². The van der Waals surface area contributed by atoms with Crippen LogP contribution in [0.5, 0.6) is 0 Å². The van der Waals surface area contributed by atoms with Crippen molar-refractivity contribution in [2.24, 2.45) is 5.10 Å². The molecule has 0 saturated carbocycles. The van der Waals surface area contributed by atoms with Gasteiger partial charge in [-0.15, -0.1) is 0 Å². The molecule has 0 radical (unpaired) electrons. The molecule has 0 unspecified atom stereocenters.